The molecule has 1 aromatic heterocycles. The number of rotatable bonds is 4. The van der Waals surface area contributed by atoms with E-state index < -0.39 is 5.97 Å². The number of carboxylic acids is 1. The maximum Gasteiger partial charge on any atom is 0.323 e. The second kappa shape index (κ2) is 6.46. The molecular formula is C11H16N4O3S. The molecule has 1 unspecified atom stereocenters. The second-order valence-electron chi connectivity index (χ2n) is 4.56. The van der Waals surface area contributed by atoms with Crippen LogP contribution < -0.4 is 5.32 Å². The summed E-state index contributed by atoms with van der Waals surface area (Å²) in [6, 6.07) is -0.184. The van der Waals surface area contributed by atoms with Crippen molar-refractivity contribution in [2.45, 2.75) is 25.7 Å². The van der Waals surface area contributed by atoms with Crippen molar-refractivity contribution in [2.75, 3.05) is 18.4 Å². The van der Waals surface area contributed by atoms with Gasteiger partial charge in [0.1, 0.15) is 5.51 Å². The van der Waals surface area contributed by atoms with E-state index in [4.69, 9.17) is 5.11 Å². The number of amides is 2. The van der Waals surface area contributed by atoms with E-state index in [9.17, 15) is 9.59 Å². The number of aliphatic carboxylic acids is 1. The average Bonchev–Trinajstić information content (AvgIpc) is 2.89. The lowest BCUT2D eigenvalue weighted by atomic mass is 9.93. The van der Waals surface area contributed by atoms with Gasteiger partial charge in [0, 0.05) is 19.5 Å². The fourth-order valence-electron chi connectivity index (χ4n) is 2.21. The Bertz CT molecular complexity index is 437. The molecule has 1 saturated heterocycles. The lowest BCUT2D eigenvalue weighted by Gasteiger charge is -2.32. The zero-order chi connectivity index (χ0) is 13.7. The summed E-state index contributed by atoms with van der Waals surface area (Å²) in [5, 5.41) is 19.3. The Morgan fingerprint density at radius 1 is 1.58 bits per heavy atom. The zero-order valence-corrected chi connectivity index (χ0v) is 11.2. The molecule has 0 saturated carbocycles. The van der Waals surface area contributed by atoms with E-state index in [1.54, 1.807) is 10.4 Å². The Hall–Kier alpha value is -1.70. The number of piperidine rings is 1. The topological polar surface area (TPSA) is 95.4 Å². The highest BCUT2D eigenvalue weighted by molar-refractivity contribution is 7.13. The fraction of sp³-hybridized carbons (Fsp3) is 0.636. The highest BCUT2D eigenvalue weighted by Crippen LogP contribution is 2.21. The Balaban J connectivity index is 1.82. The lowest BCUT2D eigenvalue weighted by Crippen LogP contribution is -2.42. The van der Waals surface area contributed by atoms with Gasteiger partial charge in [-0.1, -0.05) is 11.3 Å². The second-order valence-corrected chi connectivity index (χ2v) is 5.39. The van der Waals surface area contributed by atoms with Gasteiger partial charge in [-0.15, -0.1) is 10.2 Å². The number of hydrogen-bond donors (Lipinski definition) is 2. The van der Waals surface area contributed by atoms with Gasteiger partial charge < -0.3 is 10.0 Å². The molecule has 0 aliphatic carbocycles. The summed E-state index contributed by atoms with van der Waals surface area (Å²) in [5.74, 6) is -0.513. The van der Waals surface area contributed by atoms with Gasteiger partial charge in [-0.25, -0.2) is 4.79 Å². The molecule has 2 N–H and O–H groups in total. The van der Waals surface area contributed by atoms with Crippen molar-refractivity contribution >= 4 is 28.5 Å². The summed E-state index contributed by atoms with van der Waals surface area (Å²) in [7, 11) is 0. The minimum Gasteiger partial charge on any atom is -0.481 e. The molecule has 7 nitrogen and oxygen atoms in total. The number of aromatic nitrogens is 2. The van der Waals surface area contributed by atoms with Crippen molar-refractivity contribution in [1.29, 1.82) is 0 Å². The van der Waals surface area contributed by atoms with E-state index >= 15 is 0 Å². The Morgan fingerprint density at radius 2 is 2.42 bits per heavy atom. The first-order valence-corrected chi connectivity index (χ1v) is 7.07. The summed E-state index contributed by atoms with van der Waals surface area (Å²) in [4.78, 5) is 24.3. The monoisotopic (exact) mass is 284 g/mol. The first-order chi connectivity index (χ1) is 9.15. The molecule has 8 heteroatoms. The minimum atomic E-state index is -0.782. The van der Waals surface area contributed by atoms with Crippen LogP contribution in [0.4, 0.5) is 9.93 Å². The van der Waals surface area contributed by atoms with Crippen LogP contribution in [0.1, 0.15) is 25.7 Å². The molecular weight excluding hydrogens is 268 g/mol. The Morgan fingerprint density at radius 3 is 3.11 bits per heavy atom. The molecule has 0 spiro atoms. The molecule has 2 rings (SSSR count). The zero-order valence-electron chi connectivity index (χ0n) is 10.4. The number of nitrogens with zero attached hydrogens (tertiary/aromatic N) is 3. The molecule has 19 heavy (non-hydrogen) atoms. The third-order valence-corrected chi connectivity index (χ3v) is 3.75. The standard InChI is InChI=1S/C11H16N4O3S/c16-9(17)4-3-8-2-1-5-15(6-8)11(18)13-10-14-12-7-19-10/h7-8H,1-6H2,(H,16,17)(H,13,14,18). The third kappa shape index (κ3) is 4.16. The van der Waals surface area contributed by atoms with Gasteiger partial charge in [0.15, 0.2) is 0 Å². The average molecular weight is 284 g/mol. The highest BCUT2D eigenvalue weighted by Gasteiger charge is 2.24. The summed E-state index contributed by atoms with van der Waals surface area (Å²) >= 11 is 1.27. The van der Waals surface area contributed by atoms with E-state index in [1.165, 1.54) is 11.3 Å². The van der Waals surface area contributed by atoms with Crippen LogP contribution in [0.3, 0.4) is 0 Å². The molecule has 1 aliphatic heterocycles. The number of carboxylic acid groups (broad SMARTS) is 1. The van der Waals surface area contributed by atoms with Crippen LogP contribution in [0.2, 0.25) is 0 Å². The summed E-state index contributed by atoms with van der Waals surface area (Å²) in [6.45, 7) is 1.31. The SMILES string of the molecule is O=C(O)CCC1CCCN(C(=O)Nc2nncs2)C1. The third-order valence-electron chi connectivity index (χ3n) is 3.15. The molecule has 2 heterocycles. The van der Waals surface area contributed by atoms with Crippen molar-refractivity contribution in [2.24, 2.45) is 5.92 Å². The molecule has 104 valence electrons. The van der Waals surface area contributed by atoms with Crippen LogP contribution in [0.5, 0.6) is 0 Å². The number of carbonyl (C=O) groups excluding carboxylic acids is 1. The molecule has 1 aliphatic rings. The van der Waals surface area contributed by atoms with Gasteiger partial charge in [-0.05, 0) is 25.2 Å². The van der Waals surface area contributed by atoms with Gasteiger partial charge in [0.05, 0.1) is 0 Å². The molecule has 1 fully saturated rings. The fourth-order valence-corrected chi connectivity index (χ4v) is 2.65. The molecule has 0 radical (unpaired) electrons. The predicted octanol–water partition coefficient (Wildman–Crippen LogP) is 1.65. The van der Waals surface area contributed by atoms with Crippen molar-refractivity contribution in [3.05, 3.63) is 5.51 Å². The first kappa shape index (κ1) is 13.7. The van der Waals surface area contributed by atoms with Crippen molar-refractivity contribution in [1.82, 2.24) is 15.1 Å². The molecule has 1 atom stereocenters. The maximum atomic E-state index is 12.0. The quantitative estimate of drug-likeness (QED) is 0.876. The van der Waals surface area contributed by atoms with Gasteiger partial charge in [-0.2, -0.15) is 0 Å². The van der Waals surface area contributed by atoms with E-state index in [0.717, 1.165) is 12.8 Å². The normalized spacial score (nSPS) is 19.2. The van der Waals surface area contributed by atoms with Crippen LogP contribution in [0, 0.1) is 5.92 Å². The minimum absolute atomic E-state index is 0.163. The van der Waals surface area contributed by atoms with Crippen LogP contribution >= 0.6 is 11.3 Å². The number of nitrogens with one attached hydrogen (secondary N) is 1. The summed E-state index contributed by atoms with van der Waals surface area (Å²) in [5.41, 5.74) is 1.56. The van der Waals surface area contributed by atoms with Crippen LogP contribution in [0.25, 0.3) is 0 Å². The van der Waals surface area contributed by atoms with Crippen LogP contribution in [-0.4, -0.2) is 45.3 Å². The smallest absolute Gasteiger partial charge is 0.323 e. The largest absolute Gasteiger partial charge is 0.481 e. The molecule has 2 amide bonds. The van der Waals surface area contributed by atoms with Gasteiger partial charge in [0.2, 0.25) is 5.13 Å². The number of carbonyl (C=O) groups is 2. The van der Waals surface area contributed by atoms with Crippen molar-refractivity contribution in [3.8, 4) is 0 Å². The van der Waals surface area contributed by atoms with E-state index in [-0.39, 0.29) is 18.4 Å². The van der Waals surface area contributed by atoms with Gasteiger partial charge in [0.25, 0.3) is 0 Å². The maximum absolute atomic E-state index is 12.0. The lowest BCUT2D eigenvalue weighted by molar-refractivity contribution is -0.137. The van der Waals surface area contributed by atoms with Gasteiger partial charge >= 0.3 is 12.0 Å². The van der Waals surface area contributed by atoms with Crippen LogP contribution in [0.15, 0.2) is 5.51 Å². The summed E-state index contributed by atoms with van der Waals surface area (Å²) < 4.78 is 0. The Kier molecular flexibility index (Phi) is 4.67. The molecule has 1 aromatic rings. The van der Waals surface area contributed by atoms with E-state index in [0.29, 0.717) is 24.6 Å². The van der Waals surface area contributed by atoms with Crippen molar-refractivity contribution in [3.63, 3.8) is 0 Å². The highest BCUT2D eigenvalue weighted by atomic mass is 32.1. The van der Waals surface area contributed by atoms with E-state index in [2.05, 4.69) is 15.5 Å². The Labute approximate surface area is 114 Å². The molecule has 0 aromatic carbocycles. The number of likely N-dealkylation sites (tertiary alicyclic amines) is 1. The predicted molar refractivity (Wildman–Crippen MR) is 70.1 cm³/mol. The van der Waals surface area contributed by atoms with Crippen LogP contribution in [-0.2, 0) is 4.79 Å². The van der Waals surface area contributed by atoms with Crippen molar-refractivity contribution < 1.29 is 14.7 Å². The molecule has 0 bridgehead atoms. The summed E-state index contributed by atoms with van der Waals surface area (Å²) in [6.07, 6.45) is 2.68. The first-order valence-electron chi connectivity index (χ1n) is 6.19. The number of hydrogen-bond acceptors (Lipinski definition) is 5. The number of anilines is 1. The number of urea groups is 1. The van der Waals surface area contributed by atoms with E-state index in [1.807, 2.05) is 0 Å². The van der Waals surface area contributed by atoms with Gasteiger partial charge in [-0.3, -0.25) is 10.1 Å².